The Morgan fingerprint density at radius 3 is 2.85 bits per heavy atom. The summed E-state index contributed by atoms with van der Waals surface area (Å²) in [6, 6.07) is 4.78. The largest absolute Gasteiger partial charge is 0.507 e. The van der Waals surface area contributed by atoms with Crippen LogP contribution in [0.25, 0.3) is 0 Å². The molecule has 11 heteroatoms. The third-order valence-corrected chi connectivity index (χ3v) is 5.14. The summed E-state index contributed by atoms with van der Waals surface area (Å²) in [5.74, 6) is -0.885. The molecule has 0 bridgehead atoms. The lowest BCUT2D eigenvalue weighted by molar-refractivity contribution is -0.162. The number of primary sulfonamides is 1. The van der Waals surface area contributed by atoms with Crippen LogP contribution in [-0.4, -0.2) is 50.3 Å². The molecule has 0 spiro atoms. The number of benzene rings is 1. The van der Waals surface area contributed by atoms with Gasteiger partial charge in [-0.25, -0.2) is 13.6 Å². The number of hydrogen-bond acceptors (Lipinski definition) is 7. The van der Waals surface area contributed by atoms with Gasteiger partial charge in [0.25, 0.3) is 5.91 Å². The molecule has 0 aliphatic carbocycles. The lowest BCUT2D eigenvalue weighted by Crippen LogP contribution is -2.37. The highest BCUT2D eigenvalue weighted by atomic mass is 79.9. The van der Waals surface area contributed by atoms with Crippen molar-refractivity contribution in [2.24, 2.45) is 10.3 Å². The van der Waals surface area contributed by atoms with Gasteiger partial charge in [0.15, 0.2) is 0 Å². The van der Waals surface area contributed by atoms with Crippen LogP contribution in [0.5, 0.6) is 5.75 Å². The number of hydrogen-bond donors (Lipinski definition) is 3. The molecule has 4 N–H and O–H groups in total. The van der Waals surface area contributed by atoms with Crippen molar-refractivity contribution in [1.29, 1.82) is 0 Å². The van der Waals surface area contributed by atoms with Crippen molar-refractivity contribution in [3.8, 4) is 5.75 Å². The lowest BCUT2D eigenvalue weighted by atomic mass is 10.1. The first-order chi connectivity index (χ1) is 12.7. The van der Waals surface area contributed by atoms with Gasteiger partial charge in [-0.3, -0.25) is 4.79 Å². The predicted octanol–water partition coefficient (Wildman–Crippen LogP) is 1.00. The van der Waals surface area contributed by atoms with Gasteiger partial charge in [-0.05, 0) is 46.5 Å². The second-order valence-electron chi connectivity index (χ2n) is 6.02. The van der Waals surface area contributed by atoms with Gasteiger partial charge in [-0.2, -0.15) is 0 Å². The second-order valence-corrected chi connectivity index (χ2v) is 8.61. The fourth-order valence-electron chi connectivity index (χ4n) is 2.33. The van der Waals surface area contributed by atoms with E-state index in [1.165, 1.54) is 6.07 Å². The molecule has 1 aromatic rings. The highest BCUT2D eigenvalue weighted by Crippen LogP contribution is 2.24. The maximum atomic E-state index is 12.4. The molecule has 150 valence electrons. The Morgan fingerprint density at radius 2 is 2.22 bits per heavy atom. The molecule has 2 rings (SSSR count). The van der Waals surface area contributed by atoms with Crippen LogP contribution in [0.3, 0.4) is 0 Å². The smallest absolute Gasteiger partial charge is 0.269 e. The SMILES string of the molecule is NS(=O)(=O)CCNC(=O)/C(Cc1ccc(O)c(Br)c1)=N/OC1CCCCO1. The number of rotatable bonds is 8. The van der Waals surface area contributed by atoms with E-state index in [1.807, 2.05) is 0 Å². The van der Waals surface area contributed by atoms with Crippen molar-refractivity contribution < 1.29 is 27.9 Å². The summed E-state index contributed by atoms with van der Waals surface area (Å²) in [6.07, 6.45) is 2.17. The number of amides is 1. The monoisotopic (exact) mass is 463 g/mol. The third kappa shape index (κ3) is 7.83. The molecule has 9 nitrogen and oxygen atoms in total. The van der Waals surface area contributed by atoms with Gasteiger partial charge in [0.2, 0.25) is 16.3 Å². The van der Waals surface area contributed by atoms with E-state index < -0.39 is 22.2 Å². The quantitative estimate of drug-likeness (QED) is 0.387. The summed E-state index contributed by atoms with van der Waals surface area (Å²) >= 11 is 3.22. The van der Waals surface area contributed by atoms with Gasteiger partial charge in [-0.1, -0.05) is 11.2 Å². The minimum Gasteiger partial charge on any atom is -0.507 e. The number of carbonyl (C=O) groups excluding carboxylic acids is 1. The Labute approximate surface area is 166 Å². The van der Waals surface area contributed by atoms with E-state index >= 15 is 0 Å². The molecule has 1 unspecified atom stereocenters. The van der Waals surface area contributed by atoms with Crippen molar-refractivity contribution in [1.82, 2.24) is 5.32 Å². The molecule has 1 fully saturated rings. The number of oxime groups is 1. The summed E-state index contributed by atoms with van der Waals surface area (Å²) in [5, 5.41) is 20.9. The molecule has 0 radical (unpaired) electrons. The number of phenolic OH excluding ortho intramolecular Hbond substituents is 1. The number of carbonyl (C=O) groups is 1. The van der Waals surface area contributed by atoms with Crippen LogP contribution in [0.4, 0.5) is 0 Å². The number of nitrogens with zero attached hydrogens (tertiary/aromatic N) is 1. The first kappa shape index (κ1) is 21.6. The van der Waals surface area contributed by atoms with Crippen LogP contribution >= 0.6 is 15.9 Å². The van der Waals surface area contributed by atoms with Crippen LogP contribution < -0.4 is 10.5 Å². The van der Waals surface area contributed by atoms with Crippen LogP contribution in [0.1, 0.15) is 24.8 Å². The molecule has 1 aromatic carbocycles. The average molecular weight is 464 g/mol. The van der Waals surface area contributed by atoms with E-state index in [0.717, 1.165) is 12.8 Å². The number of phenols is 1. The van der Waals surface area contributed by atoms with Crippen molar-refractivity contribution in [2.45, 2.75) is 32.0 Å². The first-order valence-corrected chi connectivity index (χ1v) is 10.9. The van der Waals surface area contributed by atoms with E-state index in [4.69, 9.17) is 14.7 Å². The van der Waals surface area contributed by atoms with Crippen molar-refractivity contribution in [3.63, 3.8) is 0 Å². The second kappa shape index (κ2) is 10.0. The Morgan fingerprint density at radius 1 is 1.44 bits per heavy atom. The zero-order chi connectivity index (χ0) is 19.9. The lowest BCUT2D eigenvalue weighted by Gasteiger charge is -2.20. The van der Waals surface area contributed by atoms with Crippen LogP contribution in [0, 0.1) is 0 Å². The van der Waals surface area contributed by atoms with E-state index in [1.54, 1.807) is 12.1 Å². The molecular formula is C16H22BrN3O6S. The molecule has 1 aliphatic heterocycles. The van der Waals surface area contributed by atoms with Crippen molar-refractivity contribution >= 4 is 37.6 Å². The van der Waals surface area contributed by atoms with Crippen LogP contribution in [0.15, 0.2) is 27.8 Å². The number of sulfonamides is 1. The predicted molar refractivity (Wildman–Crippen MR) is 103 cm³/mol. The fourth-order valence-corrected chi connectivity index (χ4v) is 3.15. The number of aromatic hydroxyl groups is 1. The zero-order valence-electron chi connectivity index (χ0n) is 14.6. The molecule has 1 saturated heterocycles. The normalized spacial score (nSPS) is 18.1. The van der Waals surface area contributed by atoms with Gasteiger partial charge < -0.3 is 20.0 Å². The molecule has 1 aliphatic rings. The van der Waals surface area contributed by atoms with E-state index in [0.29, 0.717) is 23.1 Å². The van der Waals surface area contributed by atoms with Crippen LogP contribution in [-0.2, 0) is 30.8 Å². The number of ether oxygens (including phenoxy) is 1. The zero-order valence-corrected chi connectivity index (χ0v) is 17.0. The summed E-state index contributed by atoms with van der Waals surface area (Å²) in [4.78, 5) is 17.7. The molecular weight excluding hydrogens is 442 g/mol. The minimum absolute atomic E-state index is 0.0520. The fraction of sp³-hybridized carbons (Fsp3) is 0.500. The first-order valence-electron chi connectivity index (χ1n) is 8.35. The van der Waals surface area contributed by atoms with Gasteiger partial charge in [0.1, 0.15) is 11.5 Å². The minimum atomic E-state index is -3.68. The topological polar surface area (TPSA) is 140 Å². The highest BCUT2D eigenvalue weighted by Gasteiger charge is 2.18. The van der Waals surface area contributed by atoms with Gasteiger partial charge in [-0.15, -0.1) is 0 Å². The summed E-state index contributed by atoms with van der Waals surface area (Å²) in [7, 11) is -3.68. The Kier molecular flexibility index (Phi) is 8.02. The average Bonchev–Trinajstić information content (AvgIpc) is 2.61. The van der Waals surface area contributed by atoms with E-state index in [9.17, 15) is 18.3 Å². The van der Waals surface area contributed by atoms with Gasteiger partial charge in [0.05, 0.1) is 16.8 Å². The summed E-state index contributed by atoms with van der Waals surface area (Å²) in [6.45, 7) is 0.427. The molecule has 0 aromatic heterocycles. The van der Waals surface area contributed by atoms with Crippen molar-refractivity contribution in [2.75, 3.05) is 18.9 Å². The Bertz CT molecular complexity index is 793. The summed E-state index contributed by atoms with van der Waals surface area (Å²) < 4.78 is 27.9. The molecule has 1 amide bonds. The maximum Gasteiger partial charge on any atom is 0.269 e. The standard InChI is InChI=1S/C16H22BrN3O6S/c17-12-9-11(4-5-14(12)21)10-13(16(22)19-6-8-27(18,23)24)20-26-15-3-1-2-7-25-15/h4-5,9,15,21H,1-3,6-8,10H2,(H,19,22)(H2,18,23,24)/b20-13+. The highest BCUT2D eigenvalue weighted by molar-refractivity contribution is 9.10. The van der Waals surface area contributed by atoms with Gasteiger partial charge >= 0.3 is 0 Å². The maximum absolute atomic E-state index is 12.4. The molecule has 1 heterocycles. The third-order valence-electron chi connectivity index (χ3n) is 3.74. The molecule has 1 atom stereocenters. The number of nitrogens with one attached hydrogen (secondary N) is 1. The Hall–Kier alpha value is -1.69. The molecule has 27 heavy (non-hydrogen) atoms. The number of halogens is 1. The van der Waals surface area contributed by atoms with Crippen LogP contribution in [0.2, 0.25) is 0 Å². The van der Waals surface area contributed by atoms with Gasteiger partial charge in [0, 0.05) is 19.4 Å². The molecule has 0 saturated carbocycles. The van der Waals surface area contributed by atoms with E-state index in [2.05, 4.69) is 26.4 Å². The number of nitrogens with two attached hydrogens (primary N) is 1. The summed E-state index contributed by atoms with van der Waals surface area (Å²) in [5.41, 5.74) is 0.754. The van der Waals surface area contributed by atoms with Crippen molar-refractivity contribution in [3.05, 3.63) is 28.2 Å². The van der Waals surface area contributed by atoms with E-state index in [-0.39, 0.29) is 30.2 Å². The Balaban J connectivity index is 2.08.